The second kappa shape index (κ2) is 12.1. The summed E-state index contributed by atoms with van der Waals surface area (Å²) < 4.78 is 20.0. The Kier molecular flexibility index (Phi) is 8.65. The molecule has 11 heteroatoms. The van der Waals surface area contributed by atoms with Gasteiger partial charge in [0.1, 0.15) is 23.2 Å². The van der Waals surface area contributed by atoms with E-state index in [-0.39, 0.29) is 17.3 Å². The van der Waals surface area contributed by atoms with Gasteiger partial charge in [0.05, 0.1) is 22.9 Å². The topological polar surface area (TPSA) is 90.9 Å². The number of nitrogens with zero attached hydrogens (tertiary/aromatic N) is 5. The van der Waals surface area contributed by atoms with Crippen LogP contribution in [-0.2, 0) is 12.3 Å². The van der Waals surface area contributed by atoms with E-state index in [4.69, 9.17) is 4.42 Å². The van der Waals surface area contributed by atoms with Crippen LogP contribution in [0.25, 0.3) is 0 Å². The van der Waals surface area contributed by atoms with Gasteiger partial charge in [0.15, 0.2) is 0 Å². The normalized spacial score (nSPS) is 13.9. The van der Waals surface area contributed by atoms with Gasteiger partial charge in [0.25, 0.3) is 0 Å². The summed E-state index contributed by atoms with van der Waals surface area (Å²) in [5.41, 5.74) is 0.547. The number of halogens is 1. The maximum Gasteiger partial charge on any atom is 0.311 e. The number of furan rings is 1. The number of anilines is 3. The quantitative estimate of drug-likeness (QED) is 0.226. The van der Waals surface area contributed by atoms with Gasteiger partial charge in [-0.25, -0.2) is 9.37 Å². The maximum absolute atomic E-state index is 14.1. The molecule has 1 N–H and O–H groups in total. The molecule has 0 unspecified atom stereocenters. The van der Waals surface area contributed by atoms with Crippen LogP contribution in [0.2, 0.25) is 0 Å². The third-order valence-electron chi connectivity index (χ3n) is 5.83. The molecule has 4 rings (SSSR count). The molecule has 0 saturated carbocycles. The lowest BCUT2D eigenvalue weighted by Crippen LogP contribution is -2.47. The van der Waals surface area contributed by atoms with E-state index in [1.165, 1.54) is 12.1 Å². The summed E-state index contributed by atoms with van der Waals surface area (Å²) in [5.74, 6) is 4.03. The molecule has 3 heterocycles. The second-order valence-electron chi connectivity index (χ2n) is 8.80. The van der Waals surface area contributed by atoms with Crippen molar-refractivity contribution in [3.63, 3.8) is 0 Å². The van der Waals surface area contributed by atoms with Gasteiger partial charge in [-0.15, -0.1) is 0 Å². The average Bonchev–Trinajstić information content (AvgIpc) is 3.30. The minimum absolute atomic E-state index is 0.0481. The highest BCUT2D eigenvalue weighted by Crippen LogP contribution is 2.28. The first-order valence-electron chi connectivity index (χ1n) is 11.8. The van der Waals surface area contributed by atoms with Crippen LogP contribution in [0.1, 0.15) is 11.5 Å². The van der Waals surface area contributed by atoms with E-state index in [9.17, 15) is 14.5 Å². The van der Waals surface area contributed by atoms with E-state index in [0.717, 1.165) is 29.6 Å². The van der Waals surface area contributed by atoms with Crippen molar-refractivity contribution in [3.8, 4) is 0 Å². The zero-order valence-corrected chi connectivity index (χ0v) is 21.3. The Labute approximate surface area is 214 Å². The molecular weight excluding hydrogens is 483 g/mol. The molecule has 3 aromatic rings. The van der Waals surface area contributed by atoms with Gasteiger partial charge >= 0.3 is 5.69 Å². The Hall–Kier alpha value is -3.31. The minimum atomic E-state index is -0.419. The van der Waals surface area contributed by atoms with Gasteiger partial charge in [-0.1, -0.05) is 12.1 Å². The number of nitro groups is 1. The lowest BCUT2D eigenvalue weighted by molar-refractivity contribution is -0.384. The fraction of sp³-hybridized carbons (Fsp3) is 0.400. The monoisotopic (exact) mass is 514 g/mol. The zero-order valence-electron chi connectivity index (χ0n) is 20.5. The molecule has 0 spiro atoms. The molecule has 192 valence electrons. The van der Waals surface area contributed by atoms with E-state index in [0.29, 0.717) is 44.2 Å². The number of rotatable bonds is 11. The predicted octanol–water partition coefficient (Wildman–Crippen LogP) is 4.46. The molecule has 0 atom stereocenters. The molecule has 36 heavy (non-hydrogen) atoms. The fourth-order valence-electron chi connectivity index (χ4n) is 4.09. The number of aromatic nitrogens is 1. The number of nitrogens with one attached hydrogen (secondary N) is 1. The number of para-hydroxylation sites is 1. The molecule has 1 saturated heterocycles. The zero-order chi connectivity index (χ0) is 25.5. The molecule has 0 radical (unpaired) electrons. The molecule has 1 aliphatic rings. The summed E-state index contributed by atoms with van der Waals surface area (Å²) in [7, 11) is 3.99. The summed E-state index contributed by atoms with van der Waals surface area (Å²) in [6.45, 7) is 3.87. The Bertz CT molecular complexity index is 1170. The van der Waals surface area contributed by atoms with Crippen molar-refractivity contribution in [2.45, 2.75) is 12.3 Å². The lowest BCUT2D eigenvalue weighted by atomic mass is 10.2. The van der Waals surface area contributed by atoms with Crippen molar-refractivity contribution < 1.29 is 13.7 Å². The average molecular weight is 515 g/mol. The van der Waals surface area contributed by atoms with Gasteiger partial charge in [-0.05, 0) is 44.4 Å². The number of piperazine rings is 1. The van der Waals surface area contributed by atoms with Gasteiger partial charge in [0, 0.05) is 44.5 Å². The molecule has 1 aliphatic heterocycles. The largest absolute Gasteiger partial charge is 0.464 e. The van der Waals surface area contributed by atoms with E-state index < -0.39 is 4.92 Å². The molecule has 0 amide bonds. The molecule has 1 aromatic carbocycles. The van der Waals surface area contributed by atoms with Crippen molar-refractivity contribution in [1.29, 1.82) is 0 Å². The standard InChI is InChI=1S/C25H31FN6O3S/c1-29(2)17-19-7-8-20(35-19)18-36-16-11-27-25-23(32(33)34)9-10-24(28-25)31-14-12-30(13-15-31)22-6-4-3-5-21(22)26/h3-10H,11-18H2,1-2H3,(H,27,28). The highest BCUT2D eigenvalue weighted by Gasteiger charge is 2.23. The second-order valence-corrected chi connectivity index (χ2v) is 9.91. The third kappa shape index (κ3) is 6.67. The van der Waals surface area contributed by atoms with E-state index in [2.05, 4.69) is 20.1 Å². The SMILES string of the molecule is CN(C)Cc1ccc(CSCCNc2nc(N3CCN(c4ccccc4F)CC3)ccc2[N+](=O)[O-])o1. The van der Waals surface area contributed by atoms with Crippen LogP contribution in [0.5, 0.6) is 0 Å². The van der Waals surface area contributed by atoms with Crippen LogP contribution in [0, 0.1) is 15.9 Å². The Morgan fingerprint density at radius 1 is 1.08 bits per heavy atom. The number of benzene rings is 1. The fourth-order valence-corrected chi connectivity index (χ4v) is 4.84. The molecule has 2 aromatic heterocycles. The summed E-state index contributed by atoms with van der Waals surface area (Å²) in [6, 6.07) is 13.9. The lowest BCUT2D eigenvalue weighted by Gasteiger charge is -2.36. The summed E-state index contributed by atoms with van der Waals surface area (Å²) >= 11 is 1.69. The summed E-state index contributed by atoms with van der Waals surface area (Å²) in [6.07, 6.45) is 0. The van der Waals surface area contributed by atoms with Crippen LogP contribution < -0.4 is 15.1 Å². The van der Waals surface area contributed by atoms with Crippen LogP contribution >= 0.6 is 11.8 Å². The summed E-state index contributed by atoms with van der Waals surface area (Å²) in [4.78, 5) is 21.8. The predicted molar refractivity (Wildman–Crippen MR) is 142 cm³/mol. The first-order valence-corrected chi connectivity index (χ1v) is 13.0. The van der Waals surface area contributed by atoms with Gasteiger partial charge in [0.2, 0.25) is 5.82 Å². The highest BCUT2D eigenvalue weighted by atomic mass is 32.2. The smallest absolute Gasteiger partial charge is 0.311 e. The number of hydrogen-bond donors (Lipinski definition) is 1. The number of thioether (sulfide) groups is 1. The van der Waals surface area contributed by atoms with Gasteiger partial charge in [-0.3, -0.25) is 10.1 Å². The van der Waals surface area contributed by atoms with Crippen LogP contribution in [0.15, 0.2) is 52.9 Å². The van der Waals surface area contributed by atoms with Crippen molar-refractivity contribution in [2.75, 3.05) is 67.7 Å². The van der Waals surface area contributed by atoms with Crippen LogP contribution in [0.3, 0.4) is 0 Å². The summed E-state index contributed by atoms with van der Waals surface area (Å²) in [5, 5.41) is 14.7. The highest BCUT2D eigenvalue weighted by molar-refractivity contribution is 7.98. The van der Waals surface area contributed by atoms with Gasteiger partial charge < -0.3 is 24.4 Å². The molecule has 1 fully saturated rings. The molecule has 0 bridgehead atoms. The van der Waals surface area contributed by atoms with E-state index in [1.54, 1.807) is 30.0 Å². The third-order valence-corrected chi connectivity index (χ3v) is 6.81. The molecule has 0 aliphatic carbocycles. The molecular formula is C25H31FN6O3S. The minimum Gasteiger partial charge on any atom is -0.464 e. The van der Waals surface area contributed by atoms with E-state index >= 15 is 0 Å². The Balaban J connectivity index is 1.30. The van der Waals surface area contributed by atoms with Crippen molar-refractivity contribution in [1.82, 2.24) is 9.88 Å². The van der Waals surface area contributed by atoms with E-state index in [1.807, 2.05) is 37.2 Å². The number of pyridine rings is 1. The van der Waals surface area contributed by atoms with Crippen molar-refractivity contribution in [2.24, 2.45) is 0 Å². The van der Waals surface area contributed by atoms with Crippen LogP contribution in [0.4, 0.5) is 27.4 Å². The van der Waals surface area contributed by atoms with Crippen molar-refractivity contribution >= 4 is 34.8 Å². The first kappa shape index (κ1) is 25.8. The maximum atomic E-state index is 14.1. The number of hydrogen-bond acceptors (Lipinski definition) is 9. The Morgan fingerprint density at radius 2 is 1.81 bits per heavy atom. The van der Waals surface area contributed by atoms with Gasteiger partial charge in [-0.2, -0.15) is 11.8 Å². The first-order chi connectivity index (χ1) is 17.4. The van der Waals surface area contributed by atoms with Crippen LogP contribution in [-0.4, -0.2) is 67.4 Å². The molecule has 9 nitrogen and oxygen atoms in total. The Morgan fingerprint density at radius 3 is 2.53 bits per heavy atom. The van der Waals surface area contributed by atoms with Crippen molar-refractivity contribution in [3.05, 3.63) is 76.0 Å².